The van der Waals surface area contributed by atoms with Crippen molar-refractivity contribution in [3.8, 4) is 0 Å². The van der Waals surface area contributed by atoms with Crippen molar-refractivity contribution in [1.29, 1.82) is 0 Å². The summed E-state index contributed by atoms with van der Waals surface area (Å²) in [5, 5.41) is 3.25. The second-order valence-corrected chi connectivity index (χ2v) is 7.46. The Balaban J connectivity index is 1.68. The van der Waals surface area contributed by atoms with Crippen LogP contribution in [-0.2, 0) is 19.7 Å². The number of carbonyl (C=O) groups is 3. The van der Waals surface area contributed by atoms with Gasteiger partial charge in [0.05, 0.1) is 11.1 Å². The normalized spacial score (nSPS) is 15.1. The van der Waals surface area contributed by atoms with Crippen LogP contribution in [0.1, 0.15) is 48.5 Å². The minimum atomic E-state index is -0.734. The van der Waals surface area contributed by atoms with Crippen LogP contribution < -0.4 is 5.32 Å². The highest BCUT2D eigenvalue weighted by Crippen LogP contribution is 2.42. The van der Waals surface area contributed by atoms with Gasteiger partial charge in [-0.2, -0.15) is 0 Å². The molecule has 0 aliphatic heterocycles. The average molecular weight is 400 g/mol. The Morgan fingerprint density at radius 2 is 1.68 bits per heavy atom. The Morgan fingerprint density at radius 1 is 1.04 bits per heavy atom. The lowest BCUT2D eigenvalue weighted by molar-refractivity contribution is -0.153. The topological polar surface area (TPSA) is 72.5 Å². The first kappa shape index (κ1) is 20.1. The molecule has 0 unspecified atom stereocenters. The molecule has 1 aliphatic rings. The molecule has 2 aromatic rings. The third-order valence-corrected chi connectivity index (χ3v) is 5.41. The predicted molar refractivity (Wildman–Crippen MR) is 108 cm³/mol. The molecule has 0 saturated heterocycles. The van der Waals surface area contributed by atoms with Gasteiger partial charge in [0.15, 0.2) is 12.4 Å². The zero-order chi connectivity index (χ0) is 20.1. The summed E-state index contributed by atoms with van der Waals surface area (Å²) in [5.41, 5.74) is 0.948. The van der Waals surface area contributed by atoms with Crippen LogP contribution in [0.2, 0.25) is 5.02 Å². The summed E-state index contributed by atoms with van der Waals surface area (Å²) in [7, 11) is 0. The molecular weight excluding hydrogens is 378 g/mol. The number of rotatable bonds is 6. The van der Waals surface area contributed by atoms with Crippen LogP contribution in [0.25, 0.3) is 0 Å². The van der Waals surface area contributed by atoms with E-state index in [9.17, 15) is 14.4 Å². The summed E-state index contributed by atoms with van der Waals surface area (Å²) in [6.45, 7) is 1.03. The Labute approximate surface area is 169 Å². The number of para-hydroxylation sites is 1. The fourth-order valence-corrected chi connectivity index (χ4v) is 3.84. The van der Waals surface area contributed by atoms with E-state index in [2.05, 4.69) is 5.32 Å². The van der Waals surface area contributed by atoms with Crippen molar-refractivity contribution in [2.75, 3.05) is 11.9 Å². The monoisotopic (exact) mass is 399 g/mol. The highest BCUT2D eigenvalue weighted by atomic mass is 35.5. The van der Waals surface area contributed by atoms with Crippen LogP contribution in [0, 0.1) is 0 Å². The van der Waals surface area contributed by atoms with Crippen molar-refractivity contribution in [3.63, 3.8) is 0 Å². The van der Waals surface area contributed by atoms with Gasteiger partial charge in [0.25, 0.3) is 5.91 Å². The van der Waals surface area contributed by atoms with Gasteiger partial charge in [0, 0.05) is 10.6 Å². The van der Waals surface area contributed by atoms with Crippen LogP contribution in [0.15, 0.2) is 48.5 Å². The van der Waals surface area contributed by atoms with Crippen LogP contribution in [0.4, 0.5) is 5.69 Å². The lowest BCUT2D eigenvalue weighted by Gasteiger charge is -2.27. The molecule has 1 fully saturated rings. The summed E-state index contributed by atoms with van der Waals surface area (Å²) in [6, 6.07) is 13.9. The van der Waals surface area contributed by atoms with Gasteiger partial charge in [-0.05, 0) is 49.6 Å². The van der Waals surface area contributed by atoms with E-state index in [1.807, 2.05) is 12.1 Å². The molecular formula is C22H22ClNO4. The molecule has 0 aromatic heterocycles. The minimum Gasteiger partial charge on any atom is -0.455 e. The number of esters is 1. The SMILES string of the molecule is CC(=O)c1ccccc1NC(=O)COC(=O)C1(c2ccc(Cl)cc2)CCCC1. The fraction of sp³-hybridized carbons (Fsp3) is 0.318. The molecule has 2 aromatic carbocycles. The maximum Gasteiger partial charge on any atom is 0.317 e. The molecule has 5 nitrogen and oxygen atoms in total. The number of benzene rings is 2. The van der Waals surface area contributed by atoms with Crippen LogP contribution >= 0.6 is 11.6 Å². The van der Waals surface area contributed by atoms with E-state index in [1.165, 1.54) is 6.92 Å². The Hall–Kier alpha value is -2.66. The Kier molecular flexibility index (Phi) is 6.15. The van der Waals surface area contributed by atoms with Gasteiger partial charge in [-0.3, -0.25) is 14.4 Å². The molecule has 0 atom stereocenters. The molecule has 1 saturated carbocycles. The second kappa shape index (κ2) is 8.57. The van der Waals surface area contributed by atoms with Crippen LogP contribution in [-0.4, -0.2) is 24.3 Å². The first-order valence-electron chi connectivity index (χ1n) is 9.25. The fourth-order valence-electron chi connectivity index (χ4n) is 3.71. The van der Waals surface area contributed by atoms with E-state index in [0.717, 1.165) is 18.4 Å². The summed E-state index contributed by atoms with van der Waals surface area (Å²) >= 11 is 5.96. The van der Waals surface area contributed by atoms with E-state index in [0.29, 0.717) is 29.1 Å². The summed E-state index contributed by atoms with van der Waals surface area (Å²) in [4.78, 5) is 36.8. The largest absolute Gasteiger partial charge is 0.455 e. The molecule has 3 rings (SSSR count). The summed E-state index contributed by atoms with van der Waals surface area (Å²) < 4.78 is 5.38. The van der Waals surface area contributed by atoms with E-state index in [-0.39, 0.29) is 5.78 Å². The van der Waals surface area contributed by atoms with Gasteiger partial charge in [0.1, 0.15) is 0 Å². The van der Waals surface area contributed by atoms with Crippen molar-refractivity contribution in [3.05, 3.63) is 64.7 Å². The van der Waals surface area contributed by atoms with E-state index in [4.69, 9.17) is 16.3 Å². The standard InChI is InChI=1S/C22H22ClNO4/c1-15(25)18-6-2-3-7-19(18)24-20(26)14-28-21(27)22(12-4-5-13-22)16-8-10-17(23)11-9-16/h2-3,6-11H,4-5,12-14H2,1H3,(H,24,26). The maximum atomic E-state index is 12.9. The molecule has 1 amide bonds. The Bertz CT molecular complexity index is 886. The van der Waals surface area contributed by atoms with Gasteiger partial charge in [-0.15, -0.1) is 0 Å². The predicted octanol–water partition coefficient (Wildman–Crippen LogP) is 4.54. The molecule has 28 heavy (non-hydrogen) atoms. The smallest absolute Gasteiger partial charge is 0.317 e. The third-order valence-electron chi connectivity index (χ3n) is 5.16. The number of Topliss-reactive ketones (excluding diaryl/α,β-unsaturated/α-hetero) is 1. The molecule has 146 valence electrons. The molecule has 1 aliphatic carbocycles. The quantitative estimate of drug-likeness (QED) is 0.571. The minimum absolute atomic E-state index is 0.152. The van der Waals surface area contributed by atoms with Crippen molar-refractivity contribution >= 4 is 34.9 Å². The molecule has 0 radical (unpaired) electrons. The Morgan fingerprint density at radius 3 is 2.32 bits per heavy atom. The zero-order valence-corrected chi connectivity index (χ0v) is 16.4. The third kappa shape index (κ3) is 4.25. The number of hydrogen-bond donors (Lipinski definition) is 1. The number of anilines is 1. The highest BCUT2D eigenvalue weighted by Gasteiger charge is 2.44. The van der Waals surface area contributed by atoms with Gasteiger partial charge in [-0.1, -0.05) is 48.7 Å². The van der Waals surface area contributed by atoms with Crippen LogP contribution in [0.3, 0.4) is 0 Å². The number of ether oxygens (including phenoxy) is 1. The lowest BCUT2D eigenvalue weighted by atomic mass is 9.79. The average Bonchev–Trinajstić information content (AvgIpc) is 3.18. The molecule has 6 heteroatoms. The van der Waals surface area contributed by atoms with Crippen molar-refractivity contribution in [1.82, 2.24) is 0 Å². The summed E-state index contributed by atoms with van der Waals surface area (Å²) in [6.07, 6.45) is 3.22. The maximum absolute atomic E-state index is 12.9. The van der Waals surface area contributed by atoms with Crippen LogP contribution in [0.5, 0.6) is 0 Å². The van der Waals surface area contributed by atoms with Gasteiger partial charge < -0.3 is 10.1 Å². The first-order chi connectivity index (χ1) is 13.4. The molecule has 1 N–H and O–H groups in total. The summed E-state index contributed by atoms with van der Waals surface area (Å²) in [5.74, 6) is -1.03. The second-order valence-electron chi connectivity index (χ2n) is 7.02. The zero-order valence-electron chi connectivity index (χ0n) is 15.7. The molecule has 0 bridgehead atoms. The lowest BCUT2D eigenvalue weighted by Crippen LogP contribution is -2.36. The molecule has 0 spiro atoms. The van der Waals surface area contributed by atoms with Gasteiger partial charge in [0.2, 0.25) is 0 Å². The van der Waals surface area contributed by atoms with E-state index < -0.39 is 23.9 Å². The number of hydrogen-bond acceptors (Lipinski definition) is 4. The number of amides is 1. The van der Waals surface area contributed by atoms with E-state index in [1.54, 1.807) is 36.4 Å². The number of ketones is 1. The van der Waals surface area contributed by atoms with Gasteiger partial charge >= 0.3 is 5.97 Å². The van der Waals surface area contributed by atoms with Crippen molar-refractivity contribution < 1.29 is 19.1 Å². The van der Waals surface area contributed by atoms with Gasteiger partial charge in [-0.25, -0.2) is 0 Å². The van der Waals surface area contributed by atoms with E-state index >= 15 is 0 Å². The number of halogens is 1. The highest BCUT2D eigenvalue weighted by molar-refractivity contribution is 6.30. The molecule has 0 heterocycles. The first-order valence-corrected chi connectivity index (χ1v) is 9.63. The van der Waals surface area contributed by atoms with Crippen molar-refractivity contribution in [2.45, 2.75) is 38.0 Å². The number of carbonyl (C=O) groups excluding carboxylic acids is 3. The van der Waals surface area contributed by atoms with Crippen molar-refractivity contribution in [2.24, 2.45) is 0 Å². The number of nitrogens with one attached hydrogen (secondary N) is 1.